The molecule has 0 amide bonds. The van der Waals surface area contributed by atoms with Crippen LogP contribution in [0.5, 0.6) is 0 Å². The third kappa shape index (κ3) is 5.27. The molecule has 0 aromatic rings. The minimum atomic E-state index is 0.389. The molecule has 3 N–H and O–H groups in total. The molecule has 1 fully saturated rings. The molecule has 1 unspecified atom stereocenters. The molecule has 0 bridgehead atoms. The third-order valence-electron chi connectivity index (χ3n) is 2.71. The van der Waals surface area contributed by atoms with E-state index in [9.17, 15) is 0 Å². The van der Waals surface area contributed by atoms with Crippen LogP contribution < -0.4 is 11.3 Å². The molecule has 2 nitrogen and oxygen atoms in total. The minimum Gasteiger partial charge on any atom is -0.271 e. The monoisotopic (exact) mass is 184 g/mol. The molecular weight excluding hydrogens is 160 g/mol. The van der Waals surface area contributed by atoms with Crippen molar-refractivity contribution < 1.29 is 0 Å². The van der Waals surface area contributed by atoms with Gasteiger partial charge in [-0.05, 0) is 30.6 Å². The van der Waals surface area contributed by atoms with Crippen LogP contribution in [0.4, 0.5) is 0 Å². The molecular formula is C11H24N2. The van der Waals surface area contributed by atoms with Gasteiger partial charge in [0, 0.05) is 6.04 Å². The number of hydrogen-bond donors (Lipinski definition) is 2. The maximum absolute atomic E-state index is 5.54. The average Bonchev–Trinajstić information content (AvgIpc) is 2.78. The Morgan fingerprint density at radius 3 is 2.38 bits per heavy atom. The van der Waals surface area contributed by atoms with Crippen LogP contribution in [0.25, 0.3) is 0 Å². The van der Waals surface area contributed by atoms with Crippen molar-refractivity contribution in [2.45, 2.75) is 58.9 Å². The topological polar surface area (TPSA) is 38.0 Å². The summed E-state index contributed by atoms with van der Waals surface area (Å²) in [4.78, 5) is 0. The Kier molecular flexibility index (Phi) is 3.74. The van der Waals surface area contributed by atoms with Gasteiger partial charge < -0.3 is 0 Å². The molecule has 0 heterocycles. The maximum atomic E-state index is 5.54. The Labute approximate surface area is 82.2 Å². The van der Waals surface area contributed by atoms with Gasteiger partial charge in [0.25, 0.3) is 0 Å². The number of rotatable bonds is 5. The lowest BCUT2D eigenvalue weighted by molar-refractivity contribution is 0.294. The molecule has 0 saturated heterocycles. The van der Waals surface area contributed by atoms with Crippen molar-refractivity contribution in [3.8, 4) is 0 Å². The van der Waals surface area contributed by atoms with Crippen molar-refractivity contribution in [3.63, 3.8) is 0 Å². The first-order valence-corrected chi connectivity index (χ1v) is 5.47. The Morgan fingerprint density at radius 1 is 1.38 bits per heavy atom. The quantitative estimate of drug-likeness (QED) is 0.509. The van der Waals surface area contributed by atoms with Crippen molar-refractivity contribution in [1.29, 1.82) is 0 Å². The van der Waals surface area contributed by atoms with E-state index in [1.165, 1.54) is 32.1 Å². The largest absolute Gasteiger partial charge is 0.271 e. The summed E-state index contributed by atoms with van der Waals surface area (Å²) in [5.41, 5.74) is 3.33. The molecule has 0 aromatic carbocycles. The molecule has 0 radical (unpaired) electrons. The average molecular weight is 184 g/mol. The van der Waals surface area contributed by atoms with Gasteiger partial charge >= 0.3 is 0 Å². The Hall–Kier alpha value is -0.0800. The van der Waals surface area contributed by atoms with Gasteiger partial charge in [0.15, 0.2) is 0 Å². The second kappa shape index (κ2) is 4.43. The minimum absolute atomic E-state index is 0.389. The van der Waals surface area contributed by atoms with Gasteiger partial charge in [0.2, 0.25) is 0 Å². The number of hydrogen-bond acceptors (Lipinski definition) is 2. The fourth-order valence-electron chi connectivity index (χ4n) is 1.83. The van der Waals surface area contributed by atoms with E-state index >= 15 is 0 Å². The van der Waals surface area contributed by atoms with Gasteiger partial charge in [0.1, 0.15) is 0 Å². The highest BCUT2D eigenvalue weighted by Crippen LogP contribution is 2.34. The summed E-state index contributed by atoms with van der Waals surface area (Å²) in [6, 6.07) is 0.514. The van der Waals surface area contributed by atoms with Crippen molar-refractivity contribution in [3.05, 3.63) is 0 Å². The van der Waals surface area contributed by atoms with Crippen LogP contribution in [0.1, 0.15) is 52.9 Å². The van der Waals surface area contributed by atoms with Crippen molar-refractivity contribution in [2.75, 3.05) is 0 Å². The van der Waals surface area contributed by atoms with Crippen LogP contribution in [-0.2, 0) is 0 Å². The van der Waals surface area contributed by atoms with Gasteiger partial charge in [-0.15, -0.1) is 0 Å². The summed E-state index contributed by atoms with van der Waals surface area (Å²) < 4.78 is 0. The van der Waals surface area contributed by atoms with Crippen LogP contribution in [0.3, 0.4) is 0 Å². The van der Waals surface area contributed by atoms with Crippen LogP contribution in [0.15, 0.2) is 0 Å². The number of nitrogens with one attached hydrogen (secondary N) is 1. The fraction of sp³-hybridized carbons (Fsp3) is 1.00. The van der Waals surface area contributed by atoms with Crippen LogP contribution >= 0.6 is 0 Å². The summed E-state index contributed by atoms with van der Waals surface area (Å²) in [6.45, 7) is 6.82. The molecule has 78 valence electrons. The molecule has 1 atom stereocenters. The molecule has 0 aromatic heterocycles. The zero-order valence-electron chi connectivity index (χ0n) is 9.27. The highest BCUT2D eigenvalue weighted by Gasteiger charge is 2.24. The van der Waals surface area contributed by atoms with E-state index < -0.39 is 0 Å². The van der Waals surface area contributed by atoms with Crippen LogP contribution in [-0.4, -0.2) is 6.04 Å². The molecule has 2 heteroatoms. The maximum Gasteiger partial charge on any atom is 0.0215 e. The van der Waals surface area contributed by atoms with Gasteiger partial charge in [-0.2, -0.15) is 0 Å². The molecule has 1 rings (SSSR count). The lowest BCUT2D eigenvalue weighted by Gasteiger charge is -2.25. The second-order valence-corrected chi connectivity index (χ2v) is 5.65. The molecule has 1 aliphatic carbocycles. The third-order valence-corrected chi connectivity index (χ3v) is 2.71. The first-order valence-electron chi connectivity index (χ1n) is 5.47. The second-order valence-electron chi connectivity index (χ2n) is 5.65. The smallest absolute Gasteiger partial charge is 0.0215 e. The fourth-order valence-corrected chi connectivity index (χ4v) is 1.83. The Morgan fingerprint density at radius 2 is 2.00 bits per heavy atom. The first kappa shape index (κ1) is 11.0. The first-order chi connectivity index (χ1) is 6.01. The standard InChI is InChI=1S/C11H24N2/c1-11(2,3)8-10(13-12)7-6-9-4-5-9/h9-10,13H,4-8,12H2,1-3H3. The highest BCUT2D eigenvalue weighted by atomic mass is 15.2. The Balaban J connectivity index is 2.16. The van der Waals surface area contributed by atoms with Crippen molar-refractivity contribution in [2.24, 2.45) is 17.2 Å². The van der Waals surface area contributed by atoms with Crippen LogP contribution in [0.2, 0.25) is 0 Å². The van der Waals surface area contributed by atoms with Crippen molar-refractivity contribution in [1.82, 2.24) is 5.43 Å². The van der Waals surface area contributed by atoms with Crippen molar-refractivity contribution >= 4 is 0 Å². The normalized spacial score (nSPS) is 20.3. The van der Waals surface area contributed by atoms with Crippen LogP contribution in [0, 0.1) is 11.3 Å². The van der Waals surface area contributed by atoms with E-state index in [0.29, 0.717) is 11.5 Å². The number of hydrazine groups is 1. The molecule has 13 heavy (non-hydrogen) atoms. The predicted octanol–water partition coefficient (Wildman–Crippen LogP) is 2.44. The summed E-state index contributed by atoms with van der Waals surface area (Å²) in [5, 5.41) is 0. The SMILES string of the molecule is CC(C)(C)CC(CCC1CC1)NN. The summed E-state index contributed by atoms with van der Waals surface area (Å²) in [5.74, 6) is 6.56. The molecule has 1 saturated carbocycles. The van der Waals surface area contributed by atoms with Gasteiger partial charge in [-0.25, -0.2) is 0 Å². The van der Waals surface area contributed by atoms with E-state index in [0.717, 1.165) is 5.92 Å². The lowest BCUT2D eigenvalue weighted by atomic mass is 9.86. The zero-order valence-corrected chi connectivity index (χ0v) is 9.27. The highest BCUT2D eigenvalue weighted by molar-refractivity contribution is 4.78. The predicted molar refractivity (Wildman–Crippen MR) is 57.1 cm³/mol. The summed E-state index contributed by atoms with van der Waals surface area (Å²) in [7, 11) is 0. The summed E-state index contributed by atoms with van der Waals surface area (Å²) >= 11 is 0. The molecule has 1 aliphatic rings. The van der Waals surface area contributed by atoms with E-state index in [4.69, 9.17) is 5.84 Å². The van der Waals surface area contributed by atoms with Gasteiger partial charge in [-0.3, -0.25) is 11.3 Å². The Bertz CT molecular complexity index is 145. The lowest BCUT2D eigenvalue weighted by Crippen LogP contribution is -2.37. The van der Waals surface area contributed by atoms with Gasteiger partial charge in [0.05, 0.1) is 0 Å². The molecule has 0 spiro atoms. The van der Waals surface area contributed by atoms with E-state index in [1.54, 1.807) is 0 Å². The summed E-state index contributed by atoms with van der Waals surface area (Å²) in [6.07, 6.45) is 6.69. The van der Waals surface area contributed by atoms with E-state index in [-0.39, 0.29) is 0 Å². The van der Waals surface area contributed by atoms with E-state index in [1.807, 2.05) is 0 Å². The van der Waals surface area contributed by atoms with E-state index in [2.05, 4.69) is 26.2 Å². The number of nitrogens with two attached hydrogens (primary N) is 1. The zero-order chi connectivity index (χ0) is 9.90. The molecule has 0 aliphatic heterocycles. The van der Waals surface area contributed by atoms with Gasteiger partial charge in [-0.1, -0.05) is 33.6 Å².